The number of ether oxygens (including phenoxy) is 2. The molecule has 0 atom stereocenters. The normalized spacial score (nSPS) is 12.0. The summed E-state index contributed by atoms with van der Waals surface area (Å²) in [4.78, 5) is 0. The van der Waals surface area contributed by atoms with Gasteiger partial charge in [-0.3, -0.25) is 0 Å². The Kier molecular flexibility index (Phi) is 14.2. The van der Waals surface area contributed by atoms with Crippen LogP contribution in [-0.2, 0) is 20.3 Å². The minimum absolute atomic E-state index is 0.152. The van der Waals surface area contributed by atoms with Gasteiger partial charge in [0.1, 0.15) is 0 Å². The topological polar surface area (TPSA) is 27.7 Å². The van der Waals surface area contributed by atoms with Gasteiger partial charge in [-0.1, -0.05) is 44.9 Å². The zero-order valence-corrected chi connectivity index (χ0v) is 19.3. The van der Waals surface area contributed by atoms with Crippen LogP contribution in [0, 0.1) is 29.1 Å². The predicted molar refractivity (Wildman–Crippen MR) is 108 cm³/mol. The Hall–Kier alpha value is -1.03. The lowest BCUT2D eigenvalue weighted by Crippen LogP contribution is -2.22. The van der Waals surface area contributed by atoms with Gasteiger partial charge in [-0.05, 0) is 32.7 Å². The third-order valence-electron chi connectivity index (χ3n) is 4.73. The summed E-state index contributed by atoms with van der Waals surface area (Å²) in [6.07, 6.45) is 7.18. The van der Waals surface area contributed by atoms with Crippen molar-refractivity contribution < 1.29 is 35.9 Å². The van der Waals surface area contributed by atoms with Crippen LogP contribution < -0.4 is 0 Å². The molecule has 1 rings (SSSR count). The van der Waals surface area contributed by atoms with Gasteiger partial charge in [0, 0.05) is 18.8 Å². The van der Waals surface area contributed by atoms with Crippen LogP contribution >= 0.6 is 0 Å². The first-order valence-electron chi connectivity index (χ1n) is 10.8. The number of benzene rings is 1. The number of hydrogen-bond acceptors (Lipinski definition) is 3. The fourth-order valence-electron chi connectivity index (χ4n) is 3.11. The molecule has 30 heavy (non-hydrogen) atoms. The third-order valence-corrected chi connectivity index (χ3v) is 6.03. The van der Waals surface area contributed by atoms with Gasteiger partial charge in [0.05, 0.1) is 0 Å². The molecule has 3 nitrogen and oxygen atoms in total. The summed E-state index contributed by atoms with van der Waals surface area (Å²) in [5.74, 6) is -9.28. The fraction of sp³-hybridized carbons (Fsp3) is 0.714. The van der Waals surface area contributed by atoms with Crippen LogP contribution in [0.3, 0.4) is 0 Å². The summed E-state index contributed by atoms with van der Waals surface area (Å²) >= 11 is 0. The summed E-state index contributed by atoms with van der Waals surface area (Å²) in [5.41, 5.74) is -0.714. The minimum atomic E-state index is -2.11. The van der Waals surface area contributed by atoms with Gasteiger partial charge < -0.3 is 13.9 Å². The van der Waals surface area contributed by atoms with Gasteiger partial charge in [-0.25, -0.2) is 22.0 Å². The van der Waals surface area contributed by atoms with Crippen molar-refractivity contribution in [1.82, 2.24) is 0 Å². The maximum Gasteiger partial charge on any atom is 0.261 e. The first-order chi connectivity index (χ1) is 14.4. The summed E-state index contributed by atoms with van der Waals surface area (Å²) in [5, 5.41) is 0. The monoisotopic (exact) mass is 456 g/mol. The van der Waals surface area contributed by atoms with Crippen LogP contribution in [0.4, 0.5) is 22.0 Å². The summed E-state index contributed by atoms with van der Waals surface area (Å²) in [6.45, 7) is 4.38. The van der Waals surface area contributed by atoms with E-state index in [9.17, 15) is 22.0 Å². The molecule has 0 unspecified atom stereocenters. The van der Waals surface area contributed by atoms with Crippen molar-refractivity contribution in [2.75, 3.05) is 13.2 Å². The van der Waals surface area contributed by atoms with Crippen LogP contribution in [0.2, 0.25) is 6.04 Å². The highest BCUT2D eigenvalue weighted by Gasteiger charge is 2.24. The zero-order valence-electron chi connectivity index (χ0n) is 17.9. The number of hydrogen-bond donors (Lipinski definition) is 0. The van der Waals surface area contributed by atoms with E-state index in [-0.39, 0.29) is 6.42 Å². The van der Waals surface area contributed by atoms with E-state index in [1.807, 2.05) is 13.8 Å². The van der Waals surface area contributed by atoms with Gasteiger partial charge >= 0.3 is 0 Å². The van der Waals surface area contributed by atoms with Crippen LogP contribution in [0.15, 0.2) is 0 Å². The second-order valence-electron chi connectivity index (χ2n) is 7.05. The van der Waals surface area contributed by atoms with Crippen molar-refractivity contribution in [1.29, 1.82) is 0 Å². The number of rotatable bonds is 17. The quantitative estimate of drug-likeness (QED) is 0.0727. The fourth-order valence-corrected chi connectivity index (χ4v) is 4.22. The Bertz CT molecular complexity index is 584. The van der Waals surface area contributed by atoms with Crippen molar-refractivity contribution in [2.45, 2.75) is 84.2 Å². The molecular weight excluding hydrogens is 423 g/mol. The summed E-state index contributed by atoms with van der Waals surface area (Å²) < 4.78 is 82.8. The van der Waals surface area contributed by atoms with E-state index in [0.717, 1.165) is 44.6 Å². The Morgan fingerprint density at radius 2 is 1.07 bits per heavy atom. The van der Waals surface area contributed by atoms with Gasteiger partial charge in [0.2, 0.25) is 5.82 Å². The molecule has 0 aliphatic rings. The Balaban J connectivity index is 2.06. The second kappa shape index (κ2) is 15.7. The van der Waals surface area contributed by atoms with Crippen LogP contribution in [0.25, 0.3) is 0 Å². The van der Waals surface area contributed by atoms with E-state index in [4.69, 9.17) is 13.9 Å². The molecule has 0 saturated carbocycles. The molecule has 0 aliphatic heterocycles. The van der Waals surface area contributed by atoms with E-state index in [1.165, 1.54) is 0 Å². The minimum Gasteiger partial charge on any atom is -0.379 e. The Labute approximate surface area is 178 Å². The maximum atomic E-state index is 13.6. The summed E-state index contributed by atoms with van der Waals surface area (Å²) in [7, 11) is -0.657. The molecule has 0 aromatic heterocycles. The molecular formula is C21H33F5O3Si. The highest BCUT2D eigenvalue weighted by atomic mass is 28.2. The average molecular weight is 457 g/mol. The van der Waals surface area contributed by atoms with E-state index in [0.29, 0.717) is 26.1 Å². The first-order valence-corrected chi connectivity index (χ1v) is 12.4. The lowest BCUT2D eigenvalue weighted by Gasteiger charge is -2.17. The Morgan fingerprint density at radius 1 is 0.633 bits per heavy atom. The van der Waals surface area contributed by atoms with Crippen molar-refractivity contribution >= 4 is 9.76 Å². The van der Waals surface area contributed by atoms with E-state index in [1.54, 1.807) is 0 Å². The molecule has 0 amide bonds. The molecule has 0 saturated heterocycles. The van der Waals surface area contributed by atoms with Gasteiger partial charge in [-0.15, -0.1) is 0 Å². The second-order valence-corrected chi connectivity index (χ2v) is 8.50. The highest BCUT2D eigenvalue weighted by molar-refractivity contribution is 6.27. The number of unbranched alkanes of at least 4 members (excludes halogenated alkanes) is 7. The number of halogens is 5. The van der Waals surface area contributed by atoms with Crippen molar-refractivity contribution in [3.63, 3.8) is 0 Å². The highest BCUT2D eigenvalue weighted by Crippen LogP contribution is 2.24. The third kappa shape index (κ3) is 9.41. The smallest absolute Gasteiger partial charge is 0.261 e. The van der Waals surface area contributed by atoms with Gasteiger partial charge in [0.25, 0.3) is 6.48 Å². The molecule has 1 aromatic carbocycles. The van der Waals surface area contributed by atoms with Crippen LogP contribution in [0.1, 0.15) is 70.8 Å². The molecule has 174 valence electrons. The largest absolute Gasteiger partial charge is 0.379 e. The van der Waals surface area contributed by atoms with Gasteiger partial charge in [0.15, 0.2) is 33.0 Å². The van der Waals surface area contributed by atoms with Crippen molar-refractivity contribution in [3.8, 4) is 0 Å². The zero-order chi connectivity index (χ0) is 22.4. The van der Waals surface area contributed by atoms with E-state index in [2.05, 4.69) is 0 Å². The molecule has 0 radical (unpaired) electrons. The molecule has 9 heteroatoms. The summed E-state index contributed by atoms with van der Waals surface area (Å²) in [6, 6.07) is 1.07. The molecule has 0 aliphatic carbocycles. The molecule has 0 spiro atoms. The first kappa shape index (κ1) is 27.0. The van der Waals surface area contributed by atoms with Crippen molar-refractivity contribution in [2.24, 2.45) is 0 Å². The SMILES string of the molecule is CCOC(OCC)O[SiH2]CCCCCCCCCCc1c(F)c(F)c(F)c(F)c1F. The average Bonchev–Trinajstić information content (AvgIpc) is 2.74. The molecule has 0 bridgehead atoms. The maximum absolute atomic E-state index is 13.6. The van der Waals surface area contributed by atoms with Crippen LogP contribution in [-0.4, -0.2) is 29.5 Å². The lowest BCUT2D eigenvalue weighted by molar-refractivity contribution is -0.243. The molecule has 0 fully saturated rings. The van der Waals surface area contributed by atoms with Crippen LogP contribution in [0.5, 0.6) is 0 Å². The molecule has 1 aromatic rings. The molecule has 0 heterocycles. The van der Waals surface area contributed by atoms with E-state index >= 15 is 0 Å². The van der Waals surface area contributed by atoms with Crippen molar-refractivity contribution in [3.05, 3.63) is 34.6 Å². The van der Waals surface area contributed by atoms with Gasteiger partial charge in [-0.2, -0.15) is 0 Å². The lowest BCUT2D eigenvalue weighted by atomic mass is 10.0. The predicted octanol–water partition coefficient (Wildman–Crippen LogP) is 5.92. The standard InChI is InChI=1S/C21H33F5O3Si/c1-3-27-21(28-4-2)29-30-14-12-10-8-6-5-7-9-11-13-15-16(22)18(24)20(26)19(25)17(15)23/h21H,3-14,30H2,1-2H3. The Morgan fingerprint density at radius 3 is 1.57 bits per heavy atom. The van der Waals surface area contributed by atoms with E-state index < -0.39 is 50.9 Å². The molecule has 0 N–H and O–H groups in total.